The minimum Gasteiger partial charge on any atom is -0.508 e. The average molecular weight is 244 g/mol. The van der Waals surface area contributed by atoms with Gasteiger partial charge in [0.15, 0.2) is 17.3 Å². The van der Waals surface area contributed by atoms with E-state index < -0.39 is 5.75 Å². The largest absolute Gasteiger partial charge is 0.508 e. The second-order valence-corrected chi connectivity index (χ2v) is 3.94. The summed E-state index contributed by atoms with van der Waals surface area (Å²) in [5.41, 5.74) is 0.709. The lowest BCUT2D eigenvalue weighted by atomic mass is 10.0. The summed E-state index contributed by atoms with van der Waals surface area (Å²) in [6.07, 6.45) is 0.0470. The van der Waals surface area contributed by atoms with Crippen LogP contribution in [0.25, 0.3) is 0 Å². The molecule has 0 aliphatic carbocycles. The Balaban J connectivity index is 2.25. The lowest BCUT2D eigenvalue weighted by Crippen LogP contribution is -2.03. The van der Waals surface area contributed by atoms with Crippen LogP contribution in [-0.2, 0) is 6.42 Å². The molecule has 0 saturated carbocycles. The number of para-hydroxylation sites is 1. The van der Waals surface area contributed by atoms with E-state index in [4.69, 9.17) is 0 Å². The molecule has 0 aliphatic heterocycles. The first-order chi connectivity index (χ1) is 8.58. The van der Waals surface area contributed by atoms with Gasteiger partial charge < -0.3 is 15.3 Å². The Morgan fingerprint density at radius 3 is 2.44 bits per heavy atom. The Morgan fingerprint density at radius 1 is 1.00 bits per heavy atom. The molecule has 3 N–H and O–H groups in total. The van der Waals surface area contributed by atoms with Gasteiger partial charge in [0.25, 0.3) is 0 Å². The molecule has 0 unspecified atom stereocenters. The predicted octanol–water partition coefficient (Wildman–Crippen LogP) is 2.23. The van der Waals surface area contributed by atoms with Crippen molar-refractivity contribution in [2.24, 2.45) is 0 Å². The molecule has 2 aromatic carbocycles. The van der Waals surface area contributed by atoms with Gasteiger partial charge in [-0.3, -0.25) is 4.79 Å². The average Bonchev–Trinajstić information content (AvgIpc) is 2.32. The Labute approximate surface area is 104 Å². The van der Waals surface area contributed by atoms with Crippen LogP contribution in [0.3, 0.4) is 0 Å². The fraction of sp³-hybridized carbons (Fsp3) is 0.0714. The highest BCUT2D eigenvalue weighted by atomic mass is 16.3. The maximum Gasteiger partial charge on any atom is 0.171 e. The van der Waals surface area contributed by atoms with Gasteiger partial charge in [-0.1, -0.05) is 18.2 Å². The number of hydrogen-bond acceptors (Lipinski definition) is 4. The fourth-order valence-electron chi connectivity index (χ4n) is 1.70. The zero-order valence-corrected chi connectivity index (χ0v) is 9.50. The first-order valence-electron chi connectivity index (χ1n) is 5.40. The molecule has 0 heterocycles. The standard InChI is InChI=1S/C14H12O4/c15-10-4-1-3-9(7-10)8-13(17)11-5-2-6-12(16)14(11)18/h1-7,15-16,18H,8H2. The van der Waals surface area contributed by atoms with Gasteiger partial charge in [-0.2, -0.15) is 0 Å². The Kier molecular flexibility index (Phi) is 3.19. The zero-order chi connectivity index (χ0) is 13.1. The lowest BCUT2D eigenvalue weighted by molar-refractivity contribution is 0.0989. The molecule has 0 spiro atoms. The third kappa shape index (κ3) is 2.43. The number of Topliss-reactive ketones (excluding diaryl/α,β-unsaturated/α-hetero) is 1. The topological polar surface area (TPSA) is 77.8 Å². The second-order valence-electron chi connectivity index (χ2n) is 3.94. The molecule has 18 heavy (non-hydrogen) atoms. The van der Waals surface area contributed by atoms with Gasteiger partial charge >= 0.3 is 0 Å². The number of ketones is 1. The van der Waals surface area contributed by atoms with Crippen LogP contribution < -0.4 is 0 Å². The molecule has 0 saturated heterocycles. The quantitative estimate of drug-likeness (QED) is 0.571. The molecule has 92 valence electrons. The van der Waals surface area contributed by atoms with Crippen molar-refractivity contribution in [3.8, 4) is 17.2 Å². The summed E-state index contributed by atoms with van der Waals surface area (Å²) in [7, 11) is 0. The fourth-order valence-corrected chi connectivity index (χ4v) is 1.70. The number of aromatic hydroxyl groups is 3. The predicted molar refractivity (Wildman–Crippen MR) is 65.9 cm³/mol. The molecule has 0 aliphatic rings. The van der Waals surface area contributed by atoms with E-state index in [0.717, 1.165) is 0 Å². The molecule has 0 aromatic heterocycles. The molecule has 0 amide bonds. The van der Waals surface area contributed by atoms with E-state index in [2.05, 4.69) is 0 Å². The summed E-state index contributed by atoms with van der Waals surface area (Å²) in [5.74, 6) is -0.978. The third-order valence-corrected chi connectivity index (χ3v) is 2.59. The summed E-state index contributed by atoms with van der Waals surface area (Å²) < 4.78 is 0. The van der Waals surface area contributed by atoms with E-state index in [1.807, 2.05) is 0 Å². The molecule has 4 nitrogen and oxygen atoms in total. The van der Waals surface area contributed by atoms with Crippen molar-refractivity contribution in [3.05, 3.63) is 53.6 Å². The third-order valence-electron chi connectivity index (χ3n) is 2.59. The summed E-state index contributed by atoms with van der Waals surface area (Å²) in [4.78, 5) is 11.9. The SMILES string of the molecule is O=C(Cc1cccc(O)c1)c1cccc(O)c1O. The van der Waals surface area contributed by atoms with Crippen molar-refractivity contribution < 1.29 is 20.1 Å². The van der Waals surface area contributed by atoms with E-state index in [9.17, 15) is 20.1 Å². The number of phenolic OH excluding ortho intramolecular Hbond substituents is 3. The van der Waals surface area contributed by atoms with Crippen molar-refractivity contribution in [3.63, 3.8) is 0 Å². The van der Waals surface area contributed by atoms with Gasteiger partial charge in [0.1, 0.15) is 5.75 Å². The molecule has 4 heteroatoms. The smallest absolute Gasteiger partial charge is 0.171 e. The highest BCUT2D eigenvalue weighted by Gasteiger charge is 2.14. The summed E-state index contributed by atoms with van der Waals surface area (Å²) in [6.45, 7) is 0. The first kappa shape index (κ1) is 12.0. The zero-order valence-electron chi connectivity index (χ0n) is 9.50. The number of carbonyl (C=O) groups excluding carboxylic acids is 1. The first-order valence-corrected chi connectivity index (χ1v) is 5.40. The number of carbonyl (C=O) groups is 1. The highest BCUT2D eigenvalue weighted by Crippen LogP contribution is 2.29. The normalized spacial score (nSPS) is 10.2. The van der Waals surface area contributed by atoms with Crippen LogP contribution in [0.1, 0.15) is 15.9 Å². The van der Waals surface area contributed by atoms with E-state index in [1.54, 1.807) is 12.1 Å². The van der Waals surface area contributed by atoms with Crippen LogP contribution in [0.15, 0.2) is 42.5 Å². The number of rotatable bonds is 3. The Hall–Kier alpha value is -2.49. The minimum atomic E-state index is -0.414. The van der Waals surface area contributed by atoms with Gasteiger partial charge in [-0.05, 0) is 29.8 Å². The second kappa shape index (κ2) is 4.79. The van der Waals surface area contributed by atoms with Gasteiger partial charge in [0.05, 0.1) is 5.56 Å². The Bertz CT molecular complexity index is 590. The number of benzene rings is 2. The van der Waals surface area contributed by atoms with Crippen molar-refractivity contribution in [1.29, 1.82) is 0 Å². The molecule has 0 atom stereocenters. The molecular weight excluding hydrogens is 232 g/mol. The van der Waals surface area contributed by atoms with Crippen molar-refractivity contribution >= 4 is 5.78 Å². The highest BCUT2D eigenvalue weighted by molar-refractivity contribution is 6.00. The maximum atomic E-state index is 11.9. The van der Waals surface area contributed by atoms with E-state index in [1.165, 1.54) is 30.3 Å². The Morgan fingerprint density at radius 2 is 1.72 bits per heavy atom. The molecule has 0 bridgehead atoms. The van der Waals surface area contributed by atoms with Crippen LogP contribution in [-0.4, -0.2) is 21.1 Å². The van der Waals surface area contributed by atoms with Gasteiger partial charge in [-0.25, -0.2) is 0 Å². The van der Waals surface area contributed by atoms with E-state index in [0.29, 0.717) is 5.56 Å². The van der Waals surface area contributed by atoms with Crippen molar-refractivity contribution in [1.82, 2.24) is 0 Å². The maximum absolute atomic E-state index is 11.9. The summed E-state index contributed by atoms with van der Waals surface area (Å²) >= 11 is 0. The van der Waals surface area contributed by atoms with Crippen molar-refractivity contribution in [2.45, 2.75) is 6.42 Å². The van der Waals surface area contributed by atoms with E-state index >= 15 is 0 Å². The molecule has 0 fully saturated rings. The number of phenols is 3. The molecule has 2 rings (SSSR count). The van der Waals surface area contributed by atoms with Gasteiger partial charge in [0, 0.05) is 6.42 Å². The molecule has 0 radical (unpaired) electrons. The van der Waals surface area contributed by atoms with Crippen molar-refractivity contribution in [2.75, 3.05) is 0 Å². The summed E-state index contributed by atoms with van der Waals surface area (Å²) in [6, 6.07) is 10.6. The lowest BCUT2D eigenvalue weighted by Gasteiger charge is -2.05. The van der Waals surface area contributed by atoms with Crippen LogP contribution >= 0.6 is 0 Å². The van der Waals surface area contributed by atoms with Crippen LogP contribution in [0.4, 0.5) is 0 Å². The molecular formula is C14H12O4. The van der Waals surface area contributed by atoms with E-state index in [-0.39, 0.29) is 29.3 Å². The minimum absolute atomic E-state index is 0.0470. The number of hydrogen-bond donors (Lipinski definition) is 3. The van der Waals surface area contributed by atoms with Gasteiger partial charge in [0.2, 0.25) is 0 Å². The van der Waals surface area contributed by atoms with Crippen LogP contribution in [0.2, 0.25) is 0 Å². The summed E-state index contributed by atoms with van der Waals surface area (Å²) in [5, 5.41) is 28.2. The molecule has 2 aromatic rings. The monoisotopic (exact) mass is 244 g/mol. The van der Waals surface area contributed by atoms with Crippen LogP contribution in [0, 0.1) is 0 Å². The van der Waals surface area contributed by atoms with Crippen LogP contribution in [0.5, 0.6) is 17.2 Å². The van der Waals surface area contributed by atoms with Gasteiger partial charge in [-0.15, -0.1) is 0 Å².